The molecule has 0 unspecified atom stereocenters. The van der Waals surface area contributed by atoms with Gasteiger partial charge in [0.15, 0.2) is 0 Å². The summed E-state index contributed by atoms with van der Waals surface area (Å²) in [6, 6.07) is 13.3. The first-order valence-corrected chi connectivity index (χ1v) is 8.09. The van der Waals surface area contributed by atoms with Crippen LogP contribution >= 0.6 is 11.3 Å². The normalized spacial score (nSPS) is 15.8. The van der Waals surface area contributed by atoms with Crippen molar-refractivity contribution in [2.45, 2.75) is 24.7 Å². The highest BCUT2D eigenvalue weighted by molar-refractivity contribution is 7.15. The van der Waals surface area contributed by atoms with Gasteiger partial charge in [-0.1, -0.05) is 36.8 Å². The number of benzene rings is 1. The molecular weight excluding hydrogens is 298 g/mol. The molecule has 0 bridgehead atoms. The van der Waals surface area contributed by atoms with E-state index in [2.05, 4.69) is 17.4 Å². The molecule has 1 heterocycles. The number of carbonyl (C=O) groups is 2. The van der Waals surface area contributed by atoms with Gasteiger partial charge in [-0.05, 0) is 30.5 Å². The van der Waals surface area contributed by atoms with Gasteiger partial charge in [0.2, 0.25) is 0 Å². The van der Waals surface area contributed by atoms with Crippen LogP contribution < -0.4 is 5.32 Å². The molecule has 1 saturated carbocycles. The van der Waals surface area contributed by atoms with Gasteiger partial charge in [-0.2, -0.15) is 0 Å². The van der Waals surface area contributed by atoms with E-state index in [9.17, 15) is 9.59 Å². The fourth-order valence-electron chi connectivity index (χ4n) is 2.87. The number of hydrogen-bond donors (Lipinski definition) is 2. The first-order valence-electron chi connectivity index (χ1n) is 7.28. The van der Waals surface area contributed by atoms with Gasteiger partial charge in [-0.3, -0.25) is 4.79 Å². The molecule has 0 spiro atoms. The van der Waals surface area contributed by atoms with Gasteiger partial charge in [-0.15, -0.1) is 11.3 Å². The smallest absolute Gasteiger partial charge is 0.345 e. The SMILES string of the molecule is O=C(O)c1ccc(C(=O)NCC2(c3ccccc3)CCC2)s1. The van der Waals surface area contributed by atoms with Crippen LogP contribution in [0.5, 0.6) is 0 Å². The standard InChI is InChI=1S/C17H17NO3S/c19-15(13-7-8-14(22-13)16(20)21)18-11-17(9-4-10-17)12-5-2-1-3-6-12/h1-3,5-8H,4,9-11H2,(H,18,19)(H,20,21). The van der Waals surface area contributed by atoms with Crippen molar-refractivity contribution in [3.05, 3.63) is 57.8 Å². The molecule has 5 heteroatoms. The molecule has 0 saturated heterocycles. The quantitative estimate of drug-likeness (QED) is 0.889. The number of thiophene rings is 1. The number of nitrogens with one attached hydrogen (secondary N) is 1. The third-order valence-corrected chi connectivity index (χ3v) is 5.40. The van der Waals surface area contributed by atoms with Gasteiger partial charge in [0.25, 0.3) is 5.91 Å². The Bertz CT molecular complexity index is 689. The summed E-state index contributed by atoms with van der Waals surface area (Å²) >= 11 is 1.01. The Hall–Kier alpha value is -2.14. The van der Waals surface area contributed by atoms with E-state index in [4.69, 9.17) is 5.11 Å². The molecule has 4 nitrogen and oxygen atoms in total. The highest BCUT2D eigenvalue weighted by Gasteiger charge is 2.38. The molecule has 3 rings (SSSR count). The first-order chi connectivity index (χ1) is 10.6. The zero-order chi connectivity index (χ0) is 15.6. The number of rotatable bonds is 5. The summed E-state index contributed by atoms with van der Waals surface area (Å²) < 4.78 is 0. The maximum absolute atomic E-state index is 12.2. The Kier molecular flexibility index (Phi) is 3.98. The Labute approximate surface area is 132 Å². The predicted molar refractivity (Wildman–Crippen MR) is 85.6 cm³/mol. The van der Waals surface area contributed by atoms with Crippen LogP contribution in [0.3, 0.4) is 0 Å². The van der Waals surface area contributed by atoms with Crippen molar-refractivity contribution in [1.82, 2.24) is 5.32 Å². The second kappa shape index (κ2) is 5.93. The number of carboxylic acid groups (broad SMARTS) is 1. The average Bonchev–Trinajstić information content (AvgIpc) is 2.97. The number of aromatic carboxylic acids is 1. The topological polar surface area (TPSA) is 66.4 Å². The number of carbonyl (C=O) groups excluding carboxylic acids is 1. The van der Waals surface area contributed by atoms with Gasteiger partial charge in [0.1, 0.15) is 4.88 Å². The monoisotopic (exact) mass is 315 g/mol. The highest BCUT2D eigenvalue weighted by Crippen LogP contribution is 2.43. The van der Waals surface area contributed by atoms with Crippen molar-refractivity contribution in [1.29, 1.82) is 0 Å². The Morgan fingerprint density at radius 1 is 1.09 bits per heavy atom. The lowest BCUT2D eigenvalue weighted by Gasteiger charge is -2.42. The number of amides is 1. The van der Waals surface area contributed by atoms with E-state index in [0.29, 0.717) is 11.4 Å². The summed E-state index contributed by atoms with van der Waals surface area (Å²) in [5.41, 5.74) is 1.29. The van der Waals surface area contributed by atoms with Crippen LogP contribution in [-0.2, 0) is 5.41 Å². The van der Waals surface area contributed by atoms with E-state index in [1.807, 2.05) is 18.2 Å². The van der Waals surface area contributed by atoms with Crippen molar-refractivity contribution < 1.29 is 14.7 Å². The van der Waals surface area contributed by atoms with E-state index in [1.165, 1.54) is 18.1 Å². The molecule has 1 amide bonds. The average molecular weight is 315 g/mol. The summed E-state index contributed by atoms with van der Waals surface area (Å²) in [5, 5.41) is 11.9. The third-order valence-electron chi connectivity index (χ3n) is 4.32. The van der Waals surface area contributed by atoms with Crippen molar-refractivity contribution in [2.24, 2.45) is 0 Å². The van der Waals surface area contributed by atoms with Crippen LogP contribution in [0.15, 0.2) is 42.5 Å². The molecule has 0 radical (unpaired) electrons. The van der Waals surface area contributed by atoms with E-state index < -0.39 is 5.97 Å². The zero-order valence-electron chi connectivity index (χ0n) is 12.0. The van der Waals surface area contributed by atoms with E-state index in [0.717, 1.165) is 24.2 Å². The van der Waals surface area contributed by atoms with Gasteiger partial charge in [0.05, 0.1) is 4.88 Å². The van der Waals surface area contributed by atoms with Gasteiger partial charge in [-0.25, -0.2) is 4.79 Å². The minimum absolute atomic E-state index is 0.0316. The minimum Gasteiger partial charge on any atom is -0.477 e. The molecule has 22 heavy (non-hydrogen) atoms. The second-order valence-corrected chi connectivity index (χ2v) is 6.74. The van der Waals surface area contributed by atoms with E-state index >= 15 is 0 Å². The van der Waals surface area contributed by atoms with Crippen LogP contribution in [0.2, 0.25) is 0 Å². The summed E-state index contributed by atoms with van der Waals surface area (Å²) in [7, 11) is 0. The van der Waals surface area contributed by atoms with Crippen molar-refractivity contribution in [3.8, 4) is 0 Å². The van der Waals surface area contributed by atoms with Crippen LogP contribution in [0.25, 0.3) is 0 Å². The Morgan fingerprint density at radius 3 is 2.32 bits per heavy atom. The first kappa shape index (κ1) is 14.8. The largest absolute Gasteiger partial charge is 0.477 e. The lowest BCUT2D eigenvalue weighted by atomic mass is 9.64. The number of hydrogen-bond acceptors (Lipinski definition) is 3. The number of carboxylic acids is 1. The maximum atomic E-state index is 12.2. The van der Waals surface area contributed by atoms with E-state index in [-0.39, 0.29) is 16.2 Å². The molecular formula is C17H17NO3S. The molecule has 1 aliphatic carbocycles. The van der Waals surface area contributed by atoms with Crippen molar-refractivity contribution in [2.75, 3.05) is 6.54 Å². The van der Waals surface area contributed by atoms with Crippen LogP contribution in [-0.4, -0.2) is 23.5 Å². The van der Waals surface area contributed by atoms with Crippen LogP contribution in [0, 0.1) is 0 Å². The van der Waals surface area contributed by atoms with Crippen LogP contribution in [0.1, 0.15) is 44.2 Å². The maximum Gasteiger partial charge on any atom is 0.345 e. The summed E-state index contributed by atoms with van der Waals surface area (Å²) in [5.74, 6) is -1.19. The van der Waals surface area contributed by atoms with Gasteiger partial charge < -0.3 is 10.4 Å². The molecule has 1 aromatic heterocycles. The highest BCUT2D eigenvalue weighted by atomic mass is 32.1. The minimum atomic E-state index is -0.996. The predicted octanol–water partition coefficient (Wildman–Crippen LogP) is 3.30. The molecule has 0 atom stereocenters. The molecule has 1 aliphatic rings. The van der Waals surface area contributed by atoms with E-state index in [1.54, 1.807) is 6.07 Å². The van der Waals surface area contributed by atoms with Crippen molar-refractivity contribution >= 4 is 23.2 Å². The molecule has 1 fully saturated rings. The summed E-state index contributed by atoms with van der Waals surface area (Å²) in [6.07, 6.45) is 3.32. The third kappa shape index (κ3) is 2.76. The zero-order valence-corrected chi connectivity index (χ0v) is 12.9. The Balaban J connectivity index is 1.68. The second-order valence-electron chi connectivity index (χ2n) is 5.65. The summed E-state index contributed by atoms with van der Waals surface area (Å²) in [4.78, 5) is 23.7. The summed E-state index contributed by atoms with van der Waals surface area (Å²) in [6.45, 7) is 0.593. The molecule has 1 aromatic carbocycles. The van der Waals surface area contributed by atoms with Crippen LogP contribution in [0.4, 0.5) is 0 Å². The fraction of sp³-hybridized carbons (Fsp3) is 0.294. The lowest BCUT2D eigenvalue weighted by molar-refractivity contribution is 0.0702. The molecule has 2 aromatic rings. The fourth-order valence-corrected chi connectivity index (χ4v) is 3.64. The molecule has 114 valence electrons. The van der Waals surface area contributed by atoms with Gasteiger partial charge in [0, 0.05) is 12.0 Å². The molecule has 0 aliphatic heterocycles. The lowest BCUT2D eigenvalue weighted by Crippen LogP contribution is -2.45. The van der Waals surface area contributed by atoms with Gasteiger partial charge >= 0.3 is 5.97 Å². The molecule has 2 N–H and O–H groups in total. The van der Waals surface area contributed by atoms with Crippen molar-refractivity contribution in [3.63, 3.8) is 0 Å². The Morgan fingerprint density at radius 2 is 1.77 bits per heavy atom.